The van der Waals surface area contributed by atoms with Gasteiger partial charge in [-0.15, -0.1) is 11.3 Å². The first-order valence-corrected chi connectivity index (χ1v) is 6.69. The van der Waals surface area contributed by atoms with Crippen molar-refractivity contribution in [3.63, 3.8) is 0 Å². The number of aromatic nitrogens is 1. The fourth-order valence-electron chi connectivity index (χ4n) is 1.62. The van der Waals surface area contributed by atoms with E-state index >= 15 is 0 Å². The minimum Gasteiger partial charge on any atom is -0.317 e. The molecule has 0 spiro atoms. The second-order valence-electron chi connectivity index (χ2n) is 3.85. The number of rotatable bonds is 5. The van der Waals surface area contributed by atoms with Gasteiger partial charge in [-0.25, -0.2) is 13.8 Å². The minimum absolute atomic E-state index is 0.349. The average molecular weight is 268 g/mol. The molecule has 5 heteroatoms. The Hall–Kier alpha value is -1.33. The fraction of sp³-hybridized carbons (Fsp3) is 0.308. The Kier molecular flexibility index (Phi) is 4.38. The third-order valence-electron chi connectivity index (χ3n) is 2.52. The lowest BCUT2D eigenvalue weighted by Crippen LogP contribution is -2.15. The molecular formula is C13H14F2N2S. The Morgan fingerprint density at radius 2 is 2.17 bits per heavy atom. The van der Waals surface area contributed by atoms with Crippen LogP contribution >= 0.6 is 11.3 Å². The Labute approximate surface area is 109 Å². The summed E-state index contributed by atoms with van der Waals surface area (Å²) in [5.74, 6) is -1.14. The van der Waals surface area contributed by atoms with Crippen LogP contribution in [0.25, 0.3) is 11.3 Å². The smallest absolute Gasteiger partial charge is 0.135 e. The van der Waals surface area contributed by atoms with E-state index in [9.17, 15) is 8.78 Å². The lowest BCUT2D eigenvalue weighted by Gasteiger charge is -1.99. The lowest BCUT2D eigenvalue weighted by atomic mass is 10.1. The number of thiazole rings is 1. The standard InChI is InChI=1S/C13H14F2N2S/c1-2-16-6-5-13-17-12(8-18-13)10-4-3-9(14)7-11(10)15/h3-4,7-8,16H,2,5-6H2,1H3. The summed E-state index contributed by atoms with van der Waals surface area (Å²) < 4.78 is 26.4. The van der Waals surface area contributed by atoms with Crippen molar-refractivity contribution in [3.05, 3.63) is 40.2 Å². The molecule has 0 fully saturated rings. The molecule has 1 aromatic carbocycles. The molecule has 2 nitrogen and oxygen atoms in total. The largest absolute Gasteiger partial charge is 0.317 e. The van der Waals surface area contributed by atoms with Crippen molar-refractivity contribution in [2.24, 2.45) is 0 Å². The molecule has 0 aliphatic rings. The normalized spacial score (nSPS) is 10.8. The van der Waals surface area contributed by atoms with Gasteiger partial charge in [-0.05, 0) is 18.7 Å². The van der Waals surface area contributed by atoms with Gasteiger partial charge in [-0.1, -0.05) is 6.92 Å². The van der Waals surface area contributed by atoms with Crippen molar-refractivity contribution < 1.29 is 8.78 Å². The van der Waals surface area contributed by atoms with Gasteiger partial charge < -0.3 is 5.32 Å². The highest BCUT2D eigenvalue weighted by molar-refractivity contribution is 7.09. The number of halogens is 2. The number of hydrogen-bond donors (Lipinski definition) is 1. The Morgan fingerprint density at radius 1 is 1.33 bits per heavy atom. The Bertz CT molecular complexity index is 525. The Balaban J connectivity index is 2.13. The third kappa shape index (κ3) is 3.11. The summed E-state index contributed by atoms with van der Waals surface area (Å²) in [5.41, 5.74) is 0.923. The monoisotopic (exact) mass is 268 g/mol. The summed E-state index contributed by atoms with van der Waals surface area (Å²) in [7, 11) is 0. The van der Waals surface area contributed by atoms with Crippen molar-refractivity contribution in [3.8, 4) is 11.3 Å². The molecule has 0 atom stereocenters. The summed E-state index contributed by atoms with van der Waals surface area (Å²) in [5, 5.41) is 5.96. The quantitative estimate of drug-likeness (QED) is 0.842. The molecule has 1 N–H and O–H groups in total. The summed E-state index contributed by atoms with van der Waals surface area (Å²) in [6, 6.07) is 3.55. The summed E-state index contributed by atoms with van der Waals surface area (Å²) >= 11 is 1.50. The van der Waals surface area contributed by atoms with Crippen molar-refractivity contribution in [1.29, 1.82) is 0 Å². The van der Waals surface area contributed by atoms with Gasteiger partial charge in [0.1, 0.15) is 11.6 Å². The molecule has 0 saturated carbocycles. The molecule has 0 radical (unpaired) electrons. The SMILES string of the molecule is CCNCCc1nc(-c2ccc(F)cc2F)cs1. The van der Waals surface area contributed by atoms with Crippen LogP contribution in [-0.4, -0.2) is 18.1 Å². The van der Waals surface area contributed by atoms with Gasteiger partial charge in [0.05, 0.1) is 10.7 Å². The van der Waals surface area contributed by atoms with E-state index in [0.717, 1.165) is 30.6 Å². The first kappa shape index (κ1) is 13.1. The zero-order chi connectivity index (χ0) is 13.0. The predicted octanol–water partition coefficient (Wildman–Crippen LogP) is 3.24. The molecule has 0 aliphatic carbocycles. The average Bonchev–Trinajstić information content (AvgIpc) is 2.78. The van der Waals surface area contributed by atoms with E-state index in [1.807, 2.05) is 6.92 Å². The summed E-state index contributed by atoms with van der Waals surface area (Å²) in [4.78, 5) is 4.36. The number of nitrogens with zero attached hydrogens (tertiary/aromatic N) is 1. The third-order valence-corrected chi connectivity index (χ3v) is 3.43. The zero-order valence-electron chi connectivity index (χ0n) is 10.0. The molecule has 0 saturated heterocycles. The van der Waals surface area contributed by atoms with Crippen LogP contribution in [0.1, 0.15) is 11.9 Å². The molecule has 0 bridgehead atoms. The first-order valence-electron chi connectivity index (χ1n) is 5.81. The lowest BCUT2D eigenvalue weighted by molar-refractivity contribution is 0.585. The van der Waals surface area contributed by atoms with E-state index in [2.05, 4.69) is 10.3 Å². The van der Waals surface area contributed by atoms with Crippen LogP contribution in [0.2, 0.25) is 0 Å². The number of nitrogens with one attached hydrogen (secondary N) is 1. The molecule has 18 heavy (non-hydrogen) atoms. The van der Waals surface area contributed by atoms with Crippen LogP contribution < -0.4 is 5.32 Å². The van der Waals surface area contributed by atoms with E-state index in [4.69, 9.17) is 0 Å². The zero-order valence-corrected chi connectivity index (χ0v) is 10.9. The van der Waals surface area contributed by atoms with Gasteiger partial charge in [0, 0.05) is 30.0 Å². The molecule has 2 aromatic rings. The highest BCUT2D eigenvalue weighted by Gasteiger charge is 2.10. The van der Waals surface area contributed by atoms with Gasteiger partial charge >= 0.3 is 0 Å². The van der Waals surface area contributed by atoms with Crippen LogP contribution in [0.15, 0.2) is 23.6 Å². The predicted molar refractivity (Wildman–Crippen MR) is 69.7 cm³/mol. The van der Waals surface area contributed by atoms with Gasteiger partial charge in [0.2, 0.25) is 0 Å². The van der Waals surface area contributed by atoms with Crippen molar-refractivity contribution >= 4 is 11.3 Å². The molecule has 96 valence electrons. The second-order valence-corrected chi connectivity index (χ2v) is 4.80. The molecule has 0 unspecified atom stereocenters. The molecule has 2 rings (SSSR count). The van der Waals surface area contributed by atoms with Gasteiger partial charge in [0.15, 0.2) is 0 Å². The van der Waals surface area contributed by atoms with Gasteiger partial charge in [-0.3, -0.25) is 0 Å². The maximum Gasteiger partial charge on any atom is 0.135 e. The van der Waals surface area contributed by atoms with E-state index < -0.39 is 11.6 Å². The molecule has 0 amide bonds. The summed E-state index contributed by atoms with van der Waals surface area (Å²) in [6.07, 6.45) is 0.821. The van der Waals surface area contributed by atoms with E-state index in [-0.39, 0.29) is 0 Å². The Morgan fingerprint density at radius 3 is 2.89 bits per heavy atom. The van der Waals surface area contributed by atoms with Crippen molar-refractivity contribution in [1.82, 2.24) is 10.3 Å². The van der Waals surface area contributed by atoms with E-state index in [1.165, 1.54) is 23.5 Å². The molecular weight excluding hydrogens is 254 g/mol. The number of benzene rings is 1. The maximum atomic E-state index is 13.6. The number of likely N-dealkylation sites (N-methyl/N-ethyl adjacent to an activating group) is 1. The van der Waals surface area contributed by atoms with Crippen molar-refractivity contribution in [2.45, 2.75) is 13.3 Å². The highest BCUT2D eigenvalue weighted by Crippen LogP contribution is 2.25. The highest BCUT2D eigenvalue weighted by atomic mass is 32.1. The maximum absolute atomic E-state index is 13.6. The second kappa shape index (κ2) is 6.02. The topological polar surface area (TPSA) is 24.9 Å². The minimum atomic E-state index is -0.571. The van der Waals surface area contributed by atoms with Crippen LogP contribution in [0.5, 0.6) is 0 Å². The molecule has 1 heterocycles. The summed E-state index contributed by atoms with van der Waals surface area (Å²) in [6.45, 7) is 3.82. The van der Waals surface area contributed by atoms with Crippen LogP contribution in [0.4, 0.5) is 8.78 Å². The van der Waals surface area contributed by atoms with E-state index in [1.54, 1.807) is 5.38 Å². The molecule has 1 aromatic heterocycles. The van der Waals surface area contributed by atoms with Crippen molar-refractivity contribution in [2.75, 3.05) is 13.1 Å². The first-order chi connectivity index (χ1) is 8.70. The van der Waals surface area contributed by atoms with Crippen LogP contribution in [0.3, 0.4) is 0 Å². The van der Waals surface area contributed by atoms with E-state index in [0.29, 0.717) is 11.3 Å². The van der Waals surface area contributed by atoms with Gasteiger partial charge in [0.25, 0.3) is 0 Å². The van der Waals surface area contributed by atoms with Crippen LogP contribution in [0, 0.1) is 11.6 Å². The van der Waals surface area contributed by atoms with Crippen LogP contribution in [-0.2, 0) is 6.42 Å². The molecule has 0 aliphatic heterocycles. The fourth-order valence-corrected chi connectivity index (χ4v) is 2.42. The van der Waals surface area contributed by atoms with Gasteiger partial charge in [-0.2, -0.15) is 0 Å². The number of hydrogen-bond acceptors (Lipinski definition) is 3.